The quantitative estimate of drug-likeness (QED) is 0.748. The predicted octanol–water partition coefficient (Wildman–Crippen LogP) is 2.97. The molecule has 1 aromatic heterocycles. The van der Waals surface area contributed by atoms with E-state index in [0.717, 1.165) is 0 Å². The summed E-state index contributed by atoms with van der Waals surface area (Å²) in [5.74, 6) is -0.324. The molecule has 4 heterocycles. The van der Waals surface area contributed by atoms with E-state index >= 15 is 4.39 Å². The van der Waals surface area contributed by atoms with Gasteiger partial charge >= 0.3 is 6.09 Å². The number of carbonyl (C=O) groups is 1. The Kier molecular flexibility index (Phi) is 4.79. The van der Waals surface area contributed by atoms with Crippen LogP contribution in [0.4, 0.5) is 20.7 Å². The highest BCUT2D eigenvalue weighted by Crippen LogP contribution is 2.42. The molecule has 0 spiro atoms. The van der Waals surface area contributed by atoms with Gasteiger partial charge in [-0.25, -0.2) is 9.18 Å². The van der Waals surface area contributed by atoms with Gasteiger partial charge in [0.2, 0.25) is 5.58 Å². The Hall–Kier alpha value is -2.43. The molecule has 3 aliphatic heterocycles. The fraction of sp³-hybridized carbons (Fsp3) is 0.600. The summed E-state index contributed by atoms with van der Waals surface area (Å²) in [6.07, 6.45) is -1.65. The summed E-state index contributed by atoms with van der Waals surface area (Å²) in [5.41, 5.74) is 0.890. The van der Waals surface area contributed by atoms with Crippen LogP contribution in [0.25, 0.3) is 11.0 Å². The topological polar surface area (TPSA) is 86.5 Å². The minimum Gasteiger partial charge on any atom is -0.444 e. The smallest absolute Gasteiger partial charge is 0.416 e. The monoisotopic (exact) mass is 421 g/mol. The van der Waals surface area contributed by atoms with Crippen molar-refractivity contribution < 1.29 is 32.7 Å². The van der Waals surface area contributed by atoms with Gasteiger partial charge < -0.3 is 28.4 Å². The molecule has 2 aromatic rings. The molecule has 0 bridgehead atoms. The van der Waals surface area contributed by atoms with Crippen LogP contribution >= 0.6 is 0 Å². The number of carbonyl (C=O) groups excluding carboxylic acids is 1. The summed E-state index contributed by atoms with van der Waals surface area (Å²) in [7, 11) is 0. The zero-order chi connectivity index (χ0) is 21.0. The Morgan fingerprint density at radius 3 is 2.40 bits per heavy atom. The average Bonchev–Trinajstić information content (AvgIpc) is 3.40. The van der Waals surface area contributed by atoms with Crippen LogP contribution in [-0.2, 0) is 18.9 Å². The number of cyclic esters (lactones) is 1. The van der Waals surface area contributed by atoms with Gasteiger partial charge in [-0.05, 0) is 26.8 Å². The molecule has 0 aliphatic carbocycles. The lowest BCUT2D eigenvalue weighted by molar-refractivity contribution is -0.0445. The Labute approximate surface area is 172 Å². The maximum atomic E-state index is 15.8. The summed E-state index contributed by atoms with van der Waals surface area (Å²) >= 11 is 0. The second-order valence-electron chi connectivity index (χ2n) is 8.05. The zero-order valence-electron chi connectivity index (χ0n) is 17.1. The van der Waals surface area contributed by atoms with Crippen LogP contribution in [0.5, 0.6) is 0 Å². The van der Waals surface area contributed by atoms with Crippen LogP contribution in [0.2, 0.25) is 0 Å². The van der Waals surface area contributed by atoms with Crippen LogP contribution in [0.1, 0.15) is 32.6 Å². The van der Waals surface area contributed by atoms with E-state index in [1.807, 2.05) is 18.7 Å². The number of aromatic nitrogens is 1. The van der Waals surface area contributed by atoms with Crippen molar-refractivity contribution in [3.8, 4) is 0 Å². The lowest BCUT2D eigenvalue weighted by Crippen LogP contribution is -2.46. The molecule has 3 saturated heterocycles. The lowest BCUT2D eigenvalue weighted by Gasteiger charge is -2.38. The number of benzene rings is 1. The molecule has 162 valence electrons. The minimum absolute atomic E-state index is 0.0131. The molecular weight excluding hydrogens is 397 g/mol. The first-order chi connectivity index (χ1) is 14.4. The Morgan fingerprint density at radius 2 is 1.77 bits per heavy atom. The van der Waals surface area contributed by atoms with Crippen LogP contribution in [-0.4, -0.2) is 62.4 Å². The van der Waals surface area contributed by atoms with Crippen LogP contribution in [0.15, 0.2) is 10.6 Å². The van der Waals surface area contributed by atoms with Crippen LogP contribution < -0.4 is 9.80 Å². The number of halogens is 1. The number of nitrogens with zero attached hydrogens (tertiary/aromatic N) is 3. The van der Waals surface area contributed by atoms with E-state index < -0.39 is 18.2 Å². The Bertz CT molecular complexity index is 965. The number of rotatable bonds is 3. The first-order valence-corrected chi connectivity index (χ1v) is 10.2. The van der Waals surface area contributed by atoms with Gasteiger partial charge in [0.15, 0.2) is 17.9 Å². The van der Waals surface area contributed by atoms with E-state index in [1.54, 1.807) is 13.0 Å². The molecule has 0 N–H and O–H groups in total. The number of hydrogen-bond donors (Lipinski definition) is 0. The average molecular weight is 421 g/mol. The van der Waals surface area contributed by atoms with E-state index in [9.17, 15) is 4.79 Å². The molecule has 30 heavy (non-hydrogen) atoms. The molecule has 1 aromatic carbocycles. The van der Waals surface area contributed by atoms with E-state index in [4.69, 9.17) is 23.5 Å². The fourth-order valence-electron chi connectivity index (χ4n) is 4.41. The van der Waals surface area contributed by atoms with Gasteiger partial charge in [-0.1, -0.05) is 5.16 Å². The molecule has 0 saturated carbocycles. The number of hydrogen-bond acceptors (Lipinski definition) is 8. The van der Waals surface area contributed by atoms with Crippen molar-refractivity contribution in [1.82, 2.24) is 5.16 Å². The van der Waals surface area contributed by atoms with Gasteiger partial charge in [0.25, 0.3) is 0 Å². The Morgan fingerprint density at radius 1 is 1.07 bits per heavy atom. The number of anilines is 2. The third-order valence-corrected chi connectivity index (χ3v) is 5.52. The van der Waals surface area contributed by atoms with Crippen molar-refractivity contribution >= 4 is 28.6 Å². The highest BCUT2D eigenvalue weighted by atomic mass is 19.1. The molecular formula is C20H24FN3O6. The first-order valence-electron chi connectivity index (χ1n) is 10.2. The number of fused-ring (bicyclic) bond motifs is 1. The maximum absolute atomic E-state index is 15.8. The lowest BCUT2D eigenvalue weighted by atomic mass is 10.0. The third-order valence-electron chi connectivity index (χ3n) is 5.52. The highest BCUT2D eigenvalue weighted by molar-refractivity contribution is 6.00. The molecule has 3 aliphatic rings. The minimum atomic E-state index is -0.709. The van der Waals surface area contributed by atoms with Gasteiger partial charge in [0, 0.05) is 18.7 Å². The van der Waals surface area contributed by atoms with Crippen molar-refractivity contribution in [3.63, 3.8) is 0 Å². The van der Waals surface area contributed by atoms with Crippen LogP contribution in [0, 0.1) is 5.82 Å². The predicted molar refractivity (Wildman–Crippen MR) is 104 cm³/mol. The summed E-state index contributed by atoms with van der Waals surface area (Å²) < 4.78 is 43.6. The SMILES string of the molecule is CC1CN(c2noc3c(F)c(N4C[C@@H](C)O[C@H](C)C4)c(C4OCCO4)cc23)C(=O)O1. The molecule has 1 unspecified atom stereocenters. The van der Waals surface area contributed by atoms with Gasteiger partial charge in [0.05, 0.1) is 43.0 Å². The van der Waals surface area contributed by atoms with Crippen molar-refractivity contribution in [2.75, 3.05) is 42.6 Å². The summed E-state index contributed by atoms with van der Waals surface area (Å²) in [5, 5.41) is 4.37. The molecule has 1 amide bonds. The molecule has 5 rings (SSSR count). The number of amides is 1. The van der Waals surface area contributed by atoms with Crippen molar-refractivity contribution in [2.24, 2.45) is 0 Å². The highest BCUT2D eigenvalue weighted by Gasteiger charge is 2.37. The van der Waals surface area contributed by atoms with Gasteiger partial charge in [-0.3, -0.25) is 4.90 Å². The van der Waals surface area contributed by atoms with Crippen molar-refractivity contribution in [3.05, 3.63) is 17.4 Å². The van der Waals surface area contributed by atoms with Gasteiger partial charge in [0.1, 0.15) is 6.10 Å². The van der Waals surface area contributed by atoms with E-state index in [1.165, 1.54) is 4.90 Å². The molecule has 3 fully saturated rings. The second-order valence-corrected chi connectivity index (χ2v) is 8.05. The largest absolute Gasteiger partial charge is 0.444 e. The maximum Gasteiger partial charge on any atom is 0.416 e. The molecule has 3 atom stereocenters. The first kappa shape index (κ1) is 19.5. The molecule has 0 radical (unpaired) electrons. The summed E-state index contributed by atoms with van der Waals surface area (Å²) in [6.45, 7) is 7.88. The van der Waals surface area contributed by atoms with E-state index in [-0.39, 0.29) is 29.7 Å². The van der Waals surface area contributed by atoms with E-state index in [2.05, 4.69) is 5.16 Å². The fourth-order valence-corrected chi connectivity index (χ4v) is 4.41. The van der Waals surface area contributed by atoms with E-state index in [0.29, 0.717) is 49.5 Å². The number of morpholine rings is 1. The third kappa shape index (κ3) is 3.19. The van der Waals surface area contributed by atoms with Crippen LogP contribution in [0.3, 0.4) is 0 Å². The summed E-state index contributed by atoms with van der Waals surface area (Å²) in [4.78, 5) is 15.5. The molecule has 9 nitrogen and oxygen atoms in total. The standard InChI is InChI=1S/C20H24FN3O6/c1-10-7-23(8-11(2)28-10)16-13(19-26-4-5-27-19)6-14-17(15(16)21)30-22-18(14)24-9-12(3)29-20(24)25/h6,10-12,19H,4-5,7-9H2,1-3H3/t10-,11-,12?/m1/s1. The molecule has 10 heteroatoms. The van der Waals surface area contributed by atoms with Gasteiger partial charge in [-0.15, -0.1) is 0 Å². The number of ether oxygens (including phenoxy) is 4. The van der Waals surface area contributed by atoms with Gasteiger partial charge in [-0.2, -0.15) is 0 Å². The summed E-state index contributed by atoms with van der Waals surface area (Å²) in [6, 6.07) is 1.75. The normalized spacial score (nSPS) is 28.0. The Balaban J connectivity index is 1.65. The van der Waals surface area contributed by atoms with Crippen molar-refractivity contribution in [1.29, 1.82) is 0 Å². The van der Waals surface area contributed by atoms with Crippen molar-refractivity contribution in [2.45, 2.75) is 45.4 Å². The zero-order valence-corrected chi connectivity index (χ0v) is 17.1. The second kappa shape index (κ2) is 7.36.